The van der Waals surface area contributed by atoms with E-state index < -0.39 is 11.9 Å². The quantitative estimate of drug-likeness (QED) is 0.0187. The number of anilines is 2. The predicted octanol–water partition coefficient (Wildman–Crippen LogP) is 35.4. The number of esters is 2. The summed E-state index contributed by atoms with van der Waals surface area (Å²) in [7, 11) is 0. The van der Waals surface area contributed by atoms with Crippen LogP contribution in [0, 0.1) is 0 Å². The summed E-state index contributed by atoms with van der Waals surface area (Å²) in [4.78, 5) is 30.5. The van der Waals surface area contributed by atoms with E-state index in [-0.39, 0.29) is 22.6 Å². The molecule has 4 aromatic carbocycles. The minimum Gasteiger partial charge on any atom is -0.490 e. The molecule has 0 unspecified atom stereocenters. The van der Waals surface area contributed by atoms with Crippen LogP contribution in [0.1, 0.15) is 525 Å². The lowest BCUT2D eigenvalue weighted by Gasteiger charge is -2.20. The Labute approximate surface area is 750 Å². The molecule has 122 heavy (non-hydrogen) atoms. The molecule has 0 heterocycles. The third-order valence-electron chi connectivity index (χ3n) is 24.7. The monoisotopic (exact) mass is 1700 g/mol. The minimum absolute atomic E-state index is 0.180. The molecule has 4 rings (SSSR count). The van der Waals surface area contributed by atoms with Gasteiger partial charge in [-0.2, -0.15) is 0 Å². The number of carbonyl (C=O) groups excluding carboxylic acids is 2. The van der Waals surface area contributed by atoms with Crippen molar-refractivity contribution >= 4 is 23.3 Å². The van der Waals surface area contributed by atoms with Gasteiger partial charge in [0.05, 0.1) is 50.8 Å². The van der Waals surface area contributed by atoms with Crippen molar-refractivity contribution < 1.29 is 47.5 Å². The van der Waals surface area contributed by atoms with E-state index in [1.54, 1.807) is 60.7 Å². The largest absolute Gasteiger partial charge is 0.490 e. The summed E-state index contributed by atoms with van der Waals surface area (Å²) in [5.74, 6) is 2.07. The van der Waals surface area contributed by atoms with Crippen LogP contribution < -0.4 is 49.4 Å². The highest BCUT2D eigenvalue weighted by atomic mass is 16.6. The molecule has 0 atom stereocenters. The number of hydrogen-bond acceptors (Lipinski definition) is 12. The van der Waals surface area contributed by atoms with Crippen molar-refractivity contribution in [3.8, 4) is 57.1 Å². The maximum atomic E-state index is 15.2. The van der Waals surface area contributed by atoms with Gasteiger partial charge >= 0.3 is 11.9 Å². The summed E-state index contributed by atoms with van der Waals surface area (Å²) in [6.45, 7) is 16.6. The summed E-state index contributed by atoms with van der Waals surface area (Å²) in [6.07, 6.45) is 89.7. The fraction of sp³-hybridized carbons (Fsp3) is 0.764. The summed E-state index contributed by atoms with van der Waals surface area (Å²) in [6, 6.07) is 17.5. The highest BCUT2D eigenvalue weighted by molar-refractivity contribution is 5.96. The number of hydrogen-bond donors (Lipinski definition) is 2. The van der Waals surface area contributed by atoms with E-state index in [9.17, 15) is 0 Å². The van der Waals surface area contributed by atoms with E-state index in [0.29, 0.717) is 96.6 Å². The topological polar surface area (TPSA) is 160 Å². The smallest absolute Gasteiger partial charge is 0.343 e. The summed E-state index contributed by atoms with van der Waals surface area (Å²) in [5, 5.41) is 0. The van der Waals surface area contributed by atoms with E-state index >= 15 is 9.59 Å². The lowest BCUT2D eigenvalue weighted by Crippen LogP contribution is -2.13. The highest BCUT2D eigenvalue weighted by Gasteiger charge is 2.26. The van der Waals surface area contributed by atoms with Crippen molar-refractivity contribution in [2.24, 2.45) is 0 Å². The SMILES string of the molecule is CCCCCCCCCCCCCCOc1cc(C(=O)Oc2cc(N)ccc2-c2ccc(N)cc2OC(=O)c2cc(OCCCCCCCCCCCCCC)c(OCCCCCCCCCCCCCC)c(OCCCCCCCCCCCCCC)c2)cc(OCCCCCCCCCCCCCC)c1OCCCCCCCCCCCCCC. The molecule has 4 N–H and O–H groups in total. The molecule has 698 valence electrons. The zero-order chi connectivity index (χ0) is 87.1. The second-order valence-corrected chi connectivity index (χ2v) is 36.3. The number of ether oxygens (including phenoxy) is 8. The van der Waals surface area contributed by atoms with Crippen LogP contribution in [0.4, 0.5) is 11.4 Å². The standard InChI is InChI=1S/C110H188N2O10/c1-7-13-19-25-31-37-43-49-55-61-67-73-83-115-103-89-95(90-104(116-84-74-68-62-56-50-44-38-32-26-20-14-8-2)107(103)119-87-77-71-65-59-53-47-41-35-29-23-17-11-5)109(113)121-101-93-97(111)79-81-99(101)100-82-80-98(112)94-102(100)122-110(114)96-91-105(117-85-75-69-63-57-51-45-39-33-27-21-15-9-3)108(120-88-78-72-66-60-54-48-42-36-30-24-18-12-6)106(92-96)118-86-76-70-64-58-52-46-40-34-28-22-16-10-4/h79-82,89-94H,7-78,83-88,111-112H2,1-6H3. The fourth-order valence-corrected chi connectivity index (χ4v) is 16.8. The van der Waals surface area contributed by atoms with Crippen molar-refractivity contribution in [2.75, 3.05) is 51.1 Å². The first kappa shape index (κ1) is 109. The number of unbranched alkanes of at least 4 members (excludes halogenated alkanes) is 66. The Bertz CT molecular complexity index is 2790. The first-order valence-electron chi connectivity index (χ1n) is 52.5. The Hall–Kier alpha value is -5.78. The van der Waals surface area contributed by atoms with Crippen LogP contribution in [-0.4, -0.2) is 51.6 Å². The van der Waals surface area contributed by atoms with Gasteiger partial charge in [0, 0.05) is 34.6 Å². The summed E-state index contributed by atoms with van der Waals surface area (Å²) >= 11 is 0. The fourth-order valence-electron chi connectivity index (χ4n) is 16.8. The van der Waals surface area contributed by atoms with Gasteiger partial charge in [0.25, 0.3) is 0 Å². The molecule has 0 radical (unpaired) electrons. The number of nitrogen functional groups attached to an aromatic ring is 2. The van der Waals surface area contributed by atoms with Gasteiger partial charge in [-0.05, 0) is 87.1 Å². The van der Waals surface area contributed by atoms with Crippen LogP contribution in [0.25, 0.3) is 11.1 Å². The Morgan fingerprint density at radius 3 is 0.525 bits per heavy atom. The molecular weight excluding hydrogens is 1510 g/mol. The van der Waals surface area contributed by atoms with Gasteiger partial charge in [-0.1, -0.05) is 465 Å². The van der Waals surface area contributed by atoms with E-state index in [1.807, 2.05) is 0 Å². The average molecular weight is 1700 g/mol. The Balaban J connectivity index is 1.68. The molecule has 0 aliphatic heterocycles. The average Bonchev–Trinajstić information content (AvgIpc) is 0.791. The van der Waals surface area contributed by atoms with Gasteiger partial charge in [-0.3, -0.25) is 0 Å². The summed E-state index contributed by atoms with van der Waals surface area (Å²) in [5.41, 5.74) is 15.5. The molecule has 0 saturated heterocycles. The van der Waals surface area contributed by atoms with Crippen molar-refractivity contribution in [2.45, 2.75) is 504 Å². The molecule has 4 aromatic rings. The summed E-state index contributed by atoms with van der Waals surface area (Å²) < 4.78 is 53.8. The Morgan fingerprint density at radius 1 is 0.197 bits per heavy atom. The van der Waals surface area contributed by atoms with Gasteiger partial charge in [-0.15, -0.1) is 0 Å². The zero-order valence-corrected chi connectivity index (χ0v) is 80.2. The zero-order valence-electron chi connectivity index (χ0n) is 80.2. The van der Waals surface area contributed by atoms with Gasteiger partial charge in [0.15, 0.2) is 23.0 Å². The van der Waals surface area contributed by atoms with E-state index in [1.165, 1.54) is 360 Å². The van der Waals surface area contributed by atoms with Crippen LogP contribution in [-0.2, 0) is 0 Å². The van der Waals surface area contributed by atoms with E-state index in [4.69, 9.17) is 49.4 Å². The predicted molar refractivity (Wildman–Crippen MR) is 523 cm³/mol. The molecule has 0 bridgehead atoms. The molecule has 0 amide bonds. The first-order valence-corrected chi connectivity index (χ1v) is 52.5. The van der Waals surface area contributed by atoms with Crippen LogP contribution in [0.5, 0.6) is 46.0 Å². The minimum atomic E-state index is -0.628. The Morgan fingerprint density at radius 2 is 0.352 bits per heavy atom. The molecule has 0 aliphatic carbocycles. The lowest BCUT2D eigenvalue weighted by molar-refractivity contribution is 0.0722. The number of benzene rings is 4. The first-order chi connectivity index (χ1) is 60.2. The van der Waals surface area contributed by atoms with Crippen LogP contribution in [0.2, 0.25) is 0 Å². The maximum Gasteiger partial charge on any atom is 0.343 e. The second-order valence-electron chi connectivity index (χ2n) is 36.3. The van der Waals surface area contributed by atoms with E-state index in [0.717, 1.165) is 103 Å². The van der Waals surface area contributed by atoms with Crippen molar-refractivity contribution in [1.29, 1.82) is 0 Å². The van der Waals surface area contributed by atoms with Crippen LogP contribution >= 0.6 is 0 Å². The molecule has 0 aliphatic rings. The normalized spacial score (nSPS) is 11.4. The van der Waals surface area contributed by atoms with Crippen molar-refractivity contribution in [3.63, 3.8) is 0 Å². The number of carbonyl (C=O) groups is 2. The Kier molecular flexibility index (Phi) is 70.0. The lowest BCUT2D eigenvalue weighted by atomic mass is 10.0. The van der Waals surface area contributed by atoms with Crippen molar-refractivity contribution in [3.05, 3.63) is 71.8 Å². The molecule has 0 saturated carbocycles. The van der Waals surface area contributed by atoms with Gasteiger partial charge in [0.2, 0.25) is 11.5 Å². The van der Waals surface area contributed by atoms with Crippen LogP contribution in [0.3, 0.4) is 0 Å². The molecule has 0 spiro atoms. The molecule has 0 aromatic heterocycles. The van der Waals surface area contributed by atoms with Crippen molar-refractivity contribution in [1.82, 2.24) is 0 Å². The third-order valence-corrected chi connectivity index (χ3v) is 24.7. The van der Waals surface area contributed by atoms with Gasteiger partial charge in [-0.25, -0.2) is 9.59 Å². The number of nitrogens with two attached hydrogens (primary N) is 2. The highest BCUT2D eigenvalue weighted by Crippen LogP contribution is 2.45. The molecule has 12 heteroatoms. The second kappa shape index (κ2) is 78.7. The van der Waals surface area contributed by atoms with Gasteiger partial charge < -0.3 is 49.4 Å². The van der Waals surface area contributed by atoms with E-state index in [2.05, 4.69) is 41.5 Å². The maximum absolute atomic E-state index is 15.2. The van der Waals surface area contributed by atoms with Crippen LogP contribution in [0.15, 0.2) is 60.7 Å². The number of rotatable bonds is 89. The molecular formula is C110H188N2O10. The third kappa shape index (κ3) is 55.6. The molecule has 12 nitrogen and oxygen atoms in total. The van der Waals surface area contributed by atoms with Gasteiger partial charge in [0.1, 0.15) is 11.5 Å². The molecule has 0 fully saturated rings.